The smallest absolute Gasteiger partial charge is 0.255 e. The second kappa shape index (κ2) is 10.3. The van der Waals surface area contributed by atoms with Gasteiger partial charge in [-0.1, -0.05) is 25.0 Å². The van der Waals surface area contributed by atoms with Crippen molar-refractivity contribution in [1.29, 1.82) is 0 Å². The monoisotopic (exact) mass is 465 g/mol. The third-order valence-electron chi connectivity index (χ3n) is 7.67. The number of hydrogen-bond donors (Lipinski definition) is 1. The van der Waals surface area contributed by atoms with Gasteiger partial charge in [-0.2, -0.15) is 0 Å². The summed E-state index contributed by atoms with van der Waals surface area (Å²) in [7, 11) is 0. The summed E-state index contributed by atoms with van der Waals surface area (Å²) in [5.74, 6) is -0.0841. The van der Waals surface area contributed by atoms with Gasteiger partial charge in [0, 0.05) is 49.4 Å². The van der Waals surface area contributed by atoms with Gasteiger partial charge in [-0.25, -0.2) is 4.39 Å². The van der Waals surface area contributed by atoms with Gasteiger partial charge in [-0.15, -0.1) is 0 Å². The number of carbonyl (C=O) groups excluding carboxylic acids is 2. The van der Waals surface area contributed by atoms with Crippen LogP contribution in [0.5, 0.6) is 0 Å². The fourth-order valence-electron chi connectivity index (χ4n) is 5.37. The molecule has 182 valence electrons. The molecular formula is C28H36FN3O2. The molecule has 1 saturated carbocycles. The molecule has 1 atom stereocenters. The van der Waals surface area contributed by atoms with Gasteiger partial charge in [0.15, 0.2) is 0 Å². The van der Waals surface area contributed by atoms with Crippen molar-refractivity contribution < 1.29 is 14.0 Å². The minimum atomic E-state index is -0.361. The highest BCUT2D eigenvalue weighted by atomic mass is 19.1. The number of anilines is 1. The molecule has 1 N–H and O–H groups in total. The average Bonchev–Trinajstić information content (AvgIpc) is 3.33. The normalized spacial score (nSPS) is 19.4. The Morgan fingerprint density at radius 2 is 1.79 bits per heavy atom. The largest absolute Gasteiger partial charge is 0.337 e. The number of piperazine rings is 1. The number of nitrogens with one attached hydrogen (secondary N) is 1. The van der Waals surface area contributed by atoms with Gasteiger partial charge in [-0.3, -0.25) is 14.5 Å². The summed E-state index contributed by atoms with van der Waals surface area (Å²) in [5, 5.41) is 2.92. The minimum Gasteiger partial charge on any atom is -0.337 e. The van der Waals surface area contributed by atoms with E-state index in [2.05, 4.69) is 17.1 Å². The Balaban J connectivity index is 1.44. The average molecular weight is 466 g/mol. The molecule has 2 aromatic rings. The summed E-state index contributed by atoms with van der Waals surface area (Å²) in [6.07, 6.45) is 4.35. The first-order valence-electron chi connectivity index (χ1n) is 12.4. The Morgan fingerprint density at radius 1 is 1.06 bits per heavy atom. The molecule has 0 aromatic heterocycles. The van der Waals surface area contributed by atoms with Crippen LogP contribution in [0.4, 0.5) is 10.1 Å². The minimum absolute atomic E-state index is 0.138. The standard InChI is InChI=1S/C28H36FN3O2/c1-18-8-7-11-25(20(18)3)27(33)30-26-15-24(29)14-23(21(26)4)17-31-12-13-32(19(2)16-31)28(34)22-9-5-6-10-22/h7-8,11,14-15,19,22H,5-6,9-10,12-13,16-17H2,1-4H3,(H,30,33). The van der Waals surface area contributed by atoms with Crippen LogP contribution < -0.4 is 5.32 Å². The molecule has 0 spiro atoms. The van der Waals surface area contributed by atoms with Crippen LogP contribution in [0, 0.1) is 32.5 Å². The second-order valence-electron chi connectivity index (χ2n) is 10.0. The van der Waals surface area contributed by atoms with E-state index in [9.17, 15) is 14.0 Å². The number of amides is 2. The lowest BCUT2D eigenvalue weighted by Gasteiger charge is -2.41. The Hall–Kier alpha value is -2.73. The molecule has 1 aliphatic heterocycles. The van der Waals surface area contributed by atoms with E-state index in [-0.39, 0.29) is 23.7 Å². The summed E-state index contributed by atoms with van der Waals surface area (Å²) >= 11 is 0. The number of hydrogen-bond acceptors (Lipinski definition) is 3. The van der Waals surface area contributed by atoms with E-state index in [1.165, 1.54) is 6.07 Å². The number of halogens is 1. The van der Waals surface area contributed by atoms with Crippen molar-refractivity contribution in [2.24, 2.45) is 5.92 Å². The highest BCUT2D eigenvalue weighted by molar-refractivity contribution is 6.05. The summed E-state index contributed by atoms with van der Waals surface area (Å²) in [6.45, 7) is 10.8. The number of nitrogens with zero attached hydrogens (tertiary/aromatic N) is 2. The first-order chi connectivity index (χ1) is 16.2. The van der Waals surface area contributed by atoms with E-state index in [1.54, 1.807) is 12.1 Å². The second-order valence-corrected chi connectivity index (χ2v) is 10.0. The number of aryl methyl sites for hydroxylation is 1. The quantitative estimate of drug-likeness (QED) is 0.658. The van der Waals surface area contributed by atoms with Crippen LogP contribution >= 0.6 is 0 Å². The van der Waals surface area contributed by atoms with E-state index >= 15 is 0 Å². The lowest BCUT2D eigenvalue weighted by molar-refractivity contribution is -0.140. The van der Waals surface area contributed by atoms with Crippen LogP contribution in [0.2, 0.25) is 0 Å². The Morgan fingerprint density at radius 3 is 2.50 bits per heavy atom. The fourth-order valence-corrected chi connectivity index (χ4v) is 5.37. The Bertz CT molecular complexity index is 1080. The predicted octanol–water partition coefficient (Wildman–Crippen LogP) is 5.23. The molecule has 34 heavy (non-hydrogen) atoms. The predicted molar refractivity (Wildman–Crippen MR) is 133 cm³/mol. The van der Waals surface area contributed by atoms with Crippen LogP contribution in [-0.4, -0.2) is 47.3 Å². The van der Waals surface area contributed by atoms with E-state index < -0.39 is 0 Å². The van der Waals surface area contributed by atoms with Gasteiger partial charge in [0.1, 0.15) is 5.82 Å². The van der Waals surface area contributed by atoms with Gasteiger partial charge in [0.25, 0.3) is 5.91 Å². The summed E-state index contributed by atoms with van der Waals surface area (Å²) in [4.78, 5) is 30.1. The van der Waals surface area contributed by atoms with Crippen molar-refractivity contribution in [3.8, 4) is 0 Å². The van der Waals surface area contributed by atoms with Gasteiger partial charge in [-0.05, 0) is 81.0 Å². The fraction of sp³-hybridized carbons (Fsp3) is 0.500. The maximum Gasteiger partial charge on any atom is 0.255 e. The van der Waals surface area contributed by atoms with E-state index in [0.29, 0.717) is 30.2 Å². The molecule has 1 aliphatic carbocycles. The topological polar surface area (TPSA) is 52.7 Å². The third-order valence-corrected chi connectivity index (χ3v) is 7.67. The van der Waals surface area contributed by atoms with Gasteiger partial charge in [0.2, 0.25) is 5.91 Å². The summed E-state index contributed by atoms with van der Waals surface area (Å²) < 4.78 is 14.6. The molecule has 1 saturated heterocycles. The molecule has 4 rings (SSSR count). The molecule has 1 unspecified atom stereocenters. The Kier molecular flexibility index (Phi) is 7.36. The third kappa shape index (κ3) is 5.17. The molecular weight excluding hydrogens is 429 g/mol. The van der Waals surface area contributed by atoms with Crippen molar-refractivity contribution >= 4 is 17.5 Å². The molecule has 2 aromatic carbocycles. The number of rotatable bonds is 5. The van der Waals surface area contributed by atoms with Gasteiger partial charge >= 0.3 is 0 Å². The lowest BCUT2D eigenvalue weighted by Crippen LogP contribution is -2.54. The molecule has 2 amide bonds. The maximum atomic E-state index is 14.6. The maximum absolute atomic E-state index is 14.6. The van der Waals surface area contributed by atoms with E-state index in [1.807, 2.05) is 37.8 Å². The first kappa shape index (κ1) is 24.4. The van der Waals surface area contributed by atoms with Crippen molar-refractivity contribution in [1.82, 2.24) is 9.80 Å². The van der Waals surface area contributed by atoms with Crippen molar-refractivity contribution in [2.45, 2.75) is 66.0 Å². The molecule has 0 bridgehead atoms. The van der Waals surface area contributed by atoms with Crippen molar-refractivity contribution in [2.75, 3.05) is 25.0 Å². The van der Waals surface area contributed by atoms with Crippen LogP contribution in [0.25, 0.3) is 0 Å². The molecule has 0 radical (unpaired) electrons. The van der Waals surface area contributed by atoms with Crippen molar-refractivity contribution in [3.63, 3.8) is 0 Å². The summed E-state index contributed by atoms with van der Waals surface area (Å²) in [6, 6.07) is 8.71. The zero-order valence-corrected chi connectivity index (χ0v) is 20.8. The van der Waals surface area contributed by atoms with Gasteiger partial charge < -0.3 is 10.2 Å². The zero-order valence-electron chi connectivity index (χ0n) is 20.8. The molecule has 5 nitrogen and oxygen atoms in total. The van der Waals surface area contributed by atoms with Crippen LogP contribution in [-0.2, 0) is 11.3 Å². The number of benzene rings is 2. The van der Waals surface area contributed by atoms with Gasteiger partial charge in [0.05, 0.1) is 0 Å². The van der Waals surface area contributed by atoms with Crippen LogP contribution in [0.3, 0.4) is 0 Å². The highest BCUT2D eigenvalue weighted by Gasteiger charge is 2.33. The van der Waals surface area contributed by atoms with E-state index in [0.717, 1.165) is 61.0 Å². The first-order valence-corrected chi connectivity index (χ1v) is 12.4. The highest BCUT2D eigenvalue weighted by Crippen LogP contribution is 2.29. The number of carbonyl (C=O) groups is 2. The zero-order chi connectivity index (χ0) is 24.4. The SMILES string of the molecule is Cc1cccc(C(=O)Nc2cc(F)cc(CN3CCN(C(=O)C4CCCC4)C(C)C3)c2C)c1C. The Labute approximate surface area is 202 Å². The van der Waals surface area contributed by atoms with E-state index in [4.69, 9.17) is 0 Å². The molecule has 2 fully saturated rings. The van der Waals surface area contributed by atoms with Crippen LogP contribution in [0.15, 0.2) is 30.3 Å². The molecule has 6 heteroatoms. The lowest BCUT2D eigenvalue weighted by atomic mass is 10.0. The van der Waals surface area contributed by atoms with Crippen molar-refractivity contribution in [3.05, 3.63) is 64.0 Å². The van der Waals surface area contributed by atoms with Crippen LogP contribution in [0.1, 0.15) is 65.2 Å². The molecule has 2 aliphatic rings. The molecule has 1 heterocycles. The summed E-state index contributed by atoms with van der Waals surface area (Å²) in [5.41, 5.74) is 4.81.